The van der Waals surface area contributed by atoms with Crippen LogP contribution in [-0.4, -0.2) is 36.6 Å². The van der Waals surface area contributed by atoms with E-state index in [1.807, 2.05) is 0 Å². The van der Waals surface area contributed by atoms with Gasteiger partial charge in [-0.05, 0) is 25.7 Å². The summed E-state index contributed by atoms with van der Waals surface area (Å²) in [6.45, 7) is 2.06. The largest absolute Gasteiger partial charge is 0.396 e. The van der Waals surface area contributed by atoms with E-state index in [-0.39, 0.29) is 13.2 Å². The van der Waals surface area contributed by atoms with Gasteiger partial charge in [-0.25, -0.2) is 0 Å². The van der Waals surface area contributed by atoms with Crippen LogP contribution in [0.1, 0.15) is 51.4 Å². The zero-order chi connectivity index (χ0) is 13.3. The highest BCUT2D eigenvalue weighted by molar-refractivity contribution is 8.73. The van der Waals surface area contributed by atoms with Gasteiger partial charge in [0.2, 0.25) is 0 Å². The summed E-state index contributed by atoms with van der Waals surface area (Å²) in [5, 5.41) is 17.2. The first kappa shape index (κ1) is 18.5. The van der Waals surface area contributed by atoms with Crippen molar-refractivity contribution in [3.63, 3.8) is 0 Å². The van der Waals surface area contributed by atoms with Gasteiger partial charge in [-0.1, -0.05) is 25.7 Å². The van der Waals surface area contributed by atoms with Crippen molar-refractivity contribution in [1.82, 2.24) is 0 Å². The Bertz CT molecular complexity index is 134. The molecule has 0 heterocycles. The van der Waals surface area contributed by atoms with Gasteiger partial charge in [0.15, 0.2) is 0 Å². The van der Waals surface area contributed by atoms with Gasteiger partial charge in [-0.15, -0.1) is 0 Å². The lowest BCUT2D eigenvalue weighted by Gasteiger charge is -2.03. The Morgan fingerprint density at radius 2 is 0.944 bits per heavy atom. The summed E-state index contributed by atoms with van der Waals surface area (Å²) in [7, 11) is 0. The predicted octanol–water partition coefficient (Wildman–Crippen LogP) is 3.34. The number of aliphatic hydroxyl groups is 2. The van der Waals surface area contributed by atoms with Crippen molar-refractivity contribution in [2.75, 3.05) is 26.4 Å². The first-order valence-electron chi connectivity index (χ1n) is 6.71. The molecule has 0 aliphatic heterocycles. The van der Waals surface area contributed by atoms with Crippen molar-refractivity contribution in [2.45, 2.75) is 51.4 Å². The number of hydrogen-bond donors (Lipinski definition) is 2. The minimum absolute atomic E-state index is 0.289. The minimum Gasteiger partial charge on any atom is -0.396 e. The molecular formula is C12H26O4S2. The second-order valence-corrected chi connectivity index (χ2v) is 5.62. The van der Waals surface area contributed by atoms with Gasteiger partial charge in [-0.3, -0.25) is 0 Å². The number of unbranched alkanes of at least 4 members (excludes halogenated alkanes) is 6. The zero-order valence-corrected chi connectivity index (χ0v) is 12.6. The molecule has 0 aliphatic carbocycles. The molecule has 0 atom stereocenters. The minimum atomic E-state index is 0.289. The molecule has 0 spiro atoms. The van der Waals surface area contributed by atoms with E-state index in [1.165, 1.54) is 22.1 Å². The average molecular weight is 298 g/mol. The zero-order valence-electron chi connectivity index (χ0n) is 11.0. The summed E-state index contributed by atoms with van der Waals surface area (Å²) in [4.78, 5) is 0. The van der Waals surface area contributed by atoms with E-state index < -0.39 is 0 Å². The maximum Gasteiger partial charge on any atom is 0.0925 e. The van der Waals surface area contributed by atoms with Crippen LogP contribution < -0.4 is 0 Å². The van der Waals surface area contributed by atoms with Crippen molar-refractivity contribution < 1.29 is 18.6 Å². The summed E-state index contributed by atoms with van der Waals surface area (Å²) in [6, 6.07) is 0. The highest BCUT2D eigenvalue weighted by atomic mass is 33.1. The molecule has 2 N–H and O–H groups in total. The van der Waals surface area contributed by atoms with Crippen molar-refractivity contribution in [2.24, 2.45) is 0 Å². The Balaban J connectivity index is 2.86. The molecule has 0 saturated carbocycles. The SMILES string of the molecule is OCCCCCCOSSOCCCCCCO. The molecule has 0 aromatic carbocycles. The van der Waals surface area contributed by atoms with E-state index in [0.29, 0.717) is 0 Å². The van der Waals surface area contributed by atoms with Crippen LogP contribution in [-0.2, 0) is 8.37 Å². The van der Waals surface area contributed by atoms with Crippen molar-refractivity contribution in [1.29, 1.82) is 0 Å². The molecule has 0 aliphatic rings. The Hall–Kier alpha value is 0.540. The lowest BCUT2D eigenvalue weighted by atomic mass is 10.2. The van der Waals surface area contributed by atoms with E-state index in [2.05, 4.69) is 0 Å². The molecule has 0 radical (unpaired) electrons. The fraction of sp³-hybridized carbons (Fsp3) is 1.00. The van der Waals surface area contributed by atoms with Crippen LogP contribution in [0.2, 0.25) is 0 Å². The molecule has 0 amide bonds. The van der Waals surface area contributed by atoms with Gasteiger partial charge in [-0.2, -0.15) is 0 Å². The number of hydrogen-bond acceptors (Lipinski definition) is 6. The molecule has 6 heteroatoms. The average Bonchev–Trinajstić information content (AvgIpc) is 2.39. The van der Waals surface area contributed by atoms with Crippen molar-refractivity contribution >= 4 is 22.1 Å². The standard InChI is InChI=1S/C12H26O4S2/c13-9-5-1-3-7-11-15-17-18-16-12-8-4-2-6-10-14/h13-14H,1-12H2. The Kier molecular flexibility index (Phi) is 18.1. The highest BCUT2D eigenvalue weighted by Crippen LogP contribution is 2.24. The van der Waals surface area contributed by atoms with Crippen LogP contribution in [0.15, 0.2) is 0 Å². The summed E-state index contributed by atoms with van der Waals surface area (Å²) in [5.74, 6) is 0. The predicted molar refractivity (Wildman–Crippen MR) is 78.2 cm³/mol. The normalized spacial score (nSPS) is 11.0. The third-order valence-corrected chi connectivity index (χ3v) is 3.72. The number of aliphatic hydroxyl groups excluding tert-OH is 2. The quantitative estimate of drug-likeness (QED) is 0.275. The fourth-order valence-corrected chi connectivity index (χ4v) is 2.45. The third-order valence-electron chi connectivity index (χ3n) is 2.40. The first-order chi connectivity index (χ1) is 8.91. The Morgan fingerprint density at radius 3 is 1.33 bits per heavy atom. The van der Waals surface area contributed by atoms with Gasteiger partial charge in [0.25, 0.3) is 0 Å². The molecule has 0 aromatic heterocycles. The van der Waals surface area contributed by atoms with Gasteiger partial charge in [0.1, 0.15) is 0 Å². The number of rotatable bonds is 15. The molecular weight excluding hydrogens is 272 g/mol. The lowest BCUT2D eigenvalue weighted by Crippen LogP contribution is -1.90. The Morgan fingerprint density at radius 1 is 0.556 bits per heavy atom. The van der Waals surface area contributed by atoms with Crippen molar-refractivity contribution in [3.8, 4) is 0 Å². The van der Waals surface area contributed by atoms with Crippen LogP contribution in [0.25, 0.3) is 0 Å². The molecule has 110 valence electrons. The van der Waals surface area contributed by atoms with E-state index in [0.717, 1.165) is 64.6 Å². The second-order valence-electron chi connectivity index (χ2n) is 4.06. The van der Waals surface area contributed by atoms with E-state index in [4.69, 9.17) is 18.6 Å². The third kappa shape index (κ3) is 16.5. The van der Waals surface area contributed by atoms with Crippen LogP contribution >= 0.6 is 22.1 Å². The smallest absolute Gasteiger partial charge is 0.0925 e. The van der Waals surface area contributed by atoms with Crippen LogP contribution in [0.4, 0.5) is 0 Å². The molecule has 0 bridgehead atoms. The van der Waals surface area contributed by atoms with Gasteiger partial charge >= 0.3 is 0 Å². The van der Waals surface area contributed by atoms with Gasteiger partial charge in [0.05, 0.1) is 35.4 Å². The van der Waals surface area contributed by atoms with Gasteiger partial charge in [0, 0.05) is 13.2 Å². The molecule has 0 unspecified atom stereocenters. The van der Waals surface area contributed by atoms with Crippen LogP contribution in [0, 0.1) is 0 Å². The van der Waals surface area contributed by atoms with E-state index >= 15 is 0 Å². The fourth-order valence-electron chi connectivity index (χ4n) is 1.36. The molecule has 4 nitrogen and oxygen atoms in total. The topological polar surface area (TPSA) is 58.9 Å². The van der Waals surface area contributed by atoms with Crippen LogP contribution in [0.3, 0.4) is 0 Å². The second kappa shape index (κ2) is 17.5. The Labute approximate surface area is 119 Å². The van der Waals surface area contributed by atoms with Crippen molar-refractivity contribution in [3.05, 3.63) is 0 Å². The lowest BCUT2D eigenvalue weighted by molar-refractivity contribution is 0.278. The van der Waals surface area contributed by atoms with Gasteiger partial charge < -0.3 is 18.6 Å². The molecule has 0 fully saturated rings. The molecule has 0 saturated heterocycles. The van der Waals surface area contributed by atoms with Crippen LogP contribution in [0.5, 0.6) is 0 Å². The summed E-state index contributed by atoms with van der Waals surface area (Å²) >= 11 is 2.58. The summed E-state index contributed by atoms with van der Waals surface area (Å²) in [5.41, 5.74) is 0. The molecule has 0 rings (SSSR count). The van der Waals surface area contributed by atoms with E-state index in [9.17, 15) is 0 Å². The maximum absolute atomic E-state index is 8.59. The summed E-state index contributed by atoms with van der Waals surface area (Å²) in [6.07, 6.45) is 8.21. The first-order valence-corrected chi connectivity index (χ1v) is 8.71. The molecule has 18 heavy (non-hydrogen) atoms. The maximum atomic E-state index is 8.59. The highest BCUT2D eigenvalue weighted by Gasteiger charge is 1.95. The monoisotopic (exact) mass is 298 g/mol. The molecule has 0 aromatic rings. The van der Waals surface area contributed by atoms with E-state index in [1.54, 1.807) is 0 Å². The summed E-state index contributed by atoms with van der Waals surface area (Å²) < 4.78 is 10.6.